The quantitative estimate of drug-likeness (QED) is 0.729. The molecule has 1 aromatic heterocycles. The lowest BCUT2D eigenvalue weighted by Gasteiger charge is -1.95. The Balaban J connectivity index is 2.28. The SMILES string of the molecule is CONCc1cc2ccccc2o1. The van der Waals surface area contributed by atoms with Gasteiger partial charge < -0.3 is 9.25 Å². The maximum atomic E-state index is 5.53. The maximum Gasteiger partial charge on any atom is 0.134 e. The van der Waals surface area contributed by atoms with E-state index in [2.05, 4.69) is 5.48 Å². The highest BCUT2D eigenvalue weighted by molar-refractivity contribution is 5.77. The van der Waals surface area contributed by atoms with Crippen LogP contribution in [0.1, 0.15) is 5.76 Å². The Morgan fingerprint density at radius 2 is 2.23 bits per heavy atom. The summed E-state index contributed by atoms with van der Waals surface area (Å²) in [5, 5.41) is 1.12. The second kappa shape index (κ2) is 3.60. The van der Waals surface area contributed by atoms with Gasteiger partial charge in [-0.25, -0.2) is 0 Å². The molecule has 0 fully saturated rings. The van der Waals surface area contributed by atoms with E-state index in [1.165, 1.54) is 0 Å². The predicted octanol–water partition coefficient (Wildman–Crippen LogP) is 2.08. The van der Waals surface area contributed by atoms with Crippen molar-refractivity contribution in [3.63, 3.8) is 0 Å². The van der Waals surface area contributed by atoms with E-state index in [1.807, 2.05) is 30.3 Å². The summed E-state index contributed by atoms with van der Waals surface area (Å²) in [5.41, 5.74) is 3.64. The molecule has 0 aliphatic rings. The zero-order valence-corrected chi connectivity index (χ0v) is 7.41. The largest absolute Gasteiger partial charge is 0.460 e. The average molecular weight is 177 g/mol. The molecule has 0 radical (unpaired) electrons. The highest BCUT2D eigenvalue weighted by Crippen LogP contribution is 2.18. The smallest absolute Gasteiger partial charge is 0.134 e. The van der Waals surface area contributed by atoms with Crippen LogP contribution in [0.25, 0.3) is 11.0 Å². The summed E-state index contributed by atoms with van der Waals surface area (Å²) in [5.74, 6) is 0.878. The summed E-state index contributed by atoms with van der Waals surface area (Å²) in [7, 11) is 1.59. The van der Waals surface area contributed by atoms with Gasteiger partial charge >= 0.3 is 0 Å². The lowest BCUT2D eigenvalue weighted by Crippen LogP contribution is -2.09. The third-order valence-corrected chi connectivity index (χ3v) is 1.87. The number of hydroxylamine groups is 1. The van der Waals surface area contributed by atoms with Crippen molar-refractivity contribution >= 4 is 11.0 Å². The molecule has 0 amide bonds. The summed E-state index contributed by atoms with van der Waals surface area (Å²) in [6.07, 6.45) is 0. The molecule has 0 spiro atoms. The van der Waals surface area contributed by atoms with Crippen molar-refractivity contribution in [2.45, 2.75) is 6.54 Å². The average Bonchev–Trinajstić information content (AvgIpc) is 2.57. The molecule has 1 aromatic carbocycles. The second-order valence-electron chi connectivity index (χ2n) is 2.78. The monoisotopic (exact) mass is 177 g/mol. The standard InChI is InChI=1S/C10H11NO2/c1-12-11-7-9-6-8-4-2-3-5-10(8)13-9/h2-6,11H,7H2,1H3. The first kappa shape index (κ1) is 8.29. The van der Waals surface area contributed by atoms with Crippen LogP contribution in [-0.4, -0.2) is 7.11 Å². The molecule has 0 unspecified atom stereocenters. The molecular formula is C10H11NO2. The summed E-state index contributed by atoms with van der Waals surface area (Å²) in [4.78, 5) is 4.73. The molecule has 0 atom stereocenters. The first-order chi connectivity index (χ1) is 6.40. The number of fused-ring (bicyclic) bond motifs is 1. The van der Waals surface area contributed by atoms with E-state index < -0.39 is 0 Å². The minimum Gasteiger partial charge on any atom is -0.460 e. The molecule has 0 aliphatic carbocycles. The van der Waals surface area contributed by atoms with Crippen molar-refractivity contribution in [3.8, 4) is 0 Å². The van der Waals surface area contributed by atoms with Crippen molar-refractivity contribution in [3.05, 3.63) is 36.1 Å². The Morgan fingerprint density at radius 3 is 3.00 bits per heavy atom. The van der Waals surface area contributed by atoms with Crippen LogP contribution in [0.3, 0.4) is 0 Å². The van der Waals surface area contributed by atoms with Gasteiger partial charge in [-0.1, -0.05) is 18.2 Å². The van der Waals surface area contributed by atoms with Crippen LogP contribution >= 0.6 is 0 Å². The van der Waals surface area contributed by atoms with Crippen LogP contribution in [-0.2, 0) is 11.4 Å². The Labute approximate surface area is 76.3 Å². The second-order valence-corrected chi connectivity index (χ2v) is 2.78. The van der Waals surface area contributed by atoms with Gasteiger partial charge in [0.25, 0.3) is 0 Å². The van der Waals surface area contributed by atoms with Crippen LogP contribution in [0.5, 0.6) is 0 Å². The minimum atomic E-state index is 0.588. The molecule has 68 valence electrons. The zero-order valence-electron chi connectivity index (χ0n) is 7.41. The van der Waals surface area contributed by atoms with Gasteiger partial charge in [0.05, 0.1) is 13.7 Å². The first-order valence-electron chi connectivity index (χ1n) is 4.13. The lowest BCUT2D eigenvalue weighted by molar-refractivity contribution is 0.0822. The summed E-state index contributed by atoms with van der Waals surface area (Å²) < 4.78 is 5.53. The topological polar surface area (TPSA) is 34.4 Å². The van der Waals surface area contributed by atoms with E-state index in [4.69, 9.17) is 9.25 Å². The van der Waals surface area contributed by atoms with E-state index in [-0.39, 0.29) is 0 Å². The normalized spacial score (nSPS) is 10.8. The van der Waals surface area contributed by atoms with Gasteiger partial charge in [0.15, 0.2) is 0 Å². The van der Waals surface area contributed by atoms with Crippen molar-refractivity contribution in [1.82, 2.24) is 5.48 Å². The van der Waals surface area contributed by atoms with Gasteiger partial charge in [-0.3, -0.25) is 0 Å². The molecule has 1 N–H and O–H groups in total. The third kappa shape index (κ3) is 1.71. The van der Waals surface area contributed by atoms with Crippen molar-refractivity contribution in [1.29, 1.82) is 0 Å². The molecule has 1 heterocycles. The summed E-state index contributed by atoms with van der Waals surface area (Å²) >= 11 is 0. The van der Waals surface area contributed by atoms with Gasteiger partial charge in [0.2, 0.25) is 0 Å². The molecule has 13 heavy (non-hydrogen) atoms. The molecule has 2 aromatic rings. The fourth-order valence-electron chi connectivity index (χ4n) is 1.27. The van der Waals surface area contributed by atoms with Gasteiger partial charge in [-0.05, 0) is 12.1 Å². The molecule has 3 nitrogen and oxygen atoms in total. The van der Waals surface area contributed by atoms with Crippen LogP contribution in [0, 0.1) is 0 Å². The predicted molar refractivity (Wildman–Crippen MR) is 50.1 cm³/mol. The van der Waals surface area contributed by atoms with Crippen LogP contribution in [0.4, 0.5) is 0 Å². The van der Waals surface area contributed by atoms with E-state index in [9.17, 15) is 0 Å². The van der Waals surface area contributed by atoms with Crippen LogP contribution < -0.4 is 5.48 Å². The molecule has 0 bridgehead atoms. The number of nitrogens with one attached hydrogen (secondary N) is 1. The zero-order chi connectivity index (χ0) is 9.10. The fraction of sp³-hybridized carbons (Fsp3) is 0.200. The van der Waals surface area contributed by atoms with E-state index in [0.29, 0.717) is 6.54 Å². The summed E-state index contributed by atoms with van der Waals surface area (Å²) in [6.45, 7) is 0.588. The number of furan rings is 1. The highest BCUT2D eigenvalue weighted by Gasteiger charge is 2.01. The number of hydrogen-bond donors (Lipinski definition) is 1. The number of benzene rings is 1. The Kier molecular flexibility index (Phi) is 2.29. The maximum absolute atomic E-state index is 5.53. The Bertz CT molecular complexity index is 361. The van der Waals surface area contributed by atoms with Crippen LogP contribution in [0.2, 0.25) is 0 Å². The third-order valence-electron chi connectivity index (χ3n) is 1.87. The minimum absolute atomic E-state index is 0.588. The fourth-order valence-corrected chi connectivity index (χ4v) is 1.27. The molecule has 0 aliphatic heterocycles. The first-order valence-corrected chi connectivity index (χ1v) is 4.13. The molecule has 2 rings (SSSR count). The summed E-state index contributed by atoms with van der Waals surface area (Å²) in [6, 6.07) is 9.92. The van der Waals surface area contributed by atoms with Crippen molar-refractivity contribution < 1.29 is 9.25 Å². The number of rotatable bonds is 3. The molecular weight excluding hydrogens is 166 g/mol. The molecule has 3 heteroatoms. The molecule has 0 saturated heterocycles. The van der Waals surface area contributed by atoms with Crippen molar-refractivity contribution in [2.24, 2.45) is 0 Å². The number of para-hydroxylation sites is 1. The van der Waals surface area contributed by atoms with Crippen molar-refractivity contribution in [2.75, 3.05) is 7.11 Å². The van der Waals surface area contributed by atoms with E-state index in [0.717, 1.165) is 16.7 Å². The number of hydrogen-bond acceptors (Lipinski definition) is 3. The van der Waals surface area contributed by atoms with Crippen LogP contribution in [0.15, 0.2) is 34.7 Å². The van der Waals surface area contributed by atoms with Gasteiger partial charge in [-0.15, -0.1) is 0 Å². The van der Waals surface area contributed by atoms with E-state index >= 15 is 0 Å². The van der Waals surface area contributed by atoms with Gasteiger partial charge in [-0.2, -0.15) is 5.48 Å². The van der Waals surface area contributed by atoms with Gasteiger partial charge in [0, 0.05) is 5.39 Å². The molecule has 0 saturated carbocycles. The highest BCUT2D eigenvalue weighted by atomic mass is 16.6. The Morgan fingerprint density at radius 1 is 1.38 bits per heavy atom. The Hall–Kier alpha value is -1.32. The lowest BCUT2D eigenvalue weighted by atomic mass is 10.2. The van der Waals surface area contributed by atoms with Gasteiger partial charge in [0.1, 0.15) is 11.3 Å². The van der Waals surface area contributed by atoms with E-state index in [1.54, 1.807) is 7.11 Å².